The Morgan fingerprint density at radius 3 is 0.878 bits per heavy atom. The summed E-state index contributed by atoms with van der Waals surface area (Å²) in [6.45, 7) is 6.52. The minimum Gasteiger partial charge on any atom is -0.876 e. The van der Waals surface area contributed by atoms with E-state index < -0.39 is 15.8 Å². The minimum atomic E-state index is -0.877. The SMILES string of the molecule is [CH2-]C(C/C=C(\C)[O-])C(C)=O.[Pt+2].c1ccc([PH+](c2ccccc2)c2ccccc2)cc1.c1ccc([PH+](c2ccccc2)c2ccccc2)cc1. The molecule has 6 rings (SSSR count). The van der Waals surface area contributed by atoms with E-state index in [1.165, 1.54) is 51.8 Å². The van der Waals surface area contributed by atoms with E-state index in [1.54, 1.807) is 0 Å². The average molecular weight is 862 g/mol. The molecule has 2 nitrogen and oxygen atoms in total. The third kappa shape index (κ3) is 13.1. The van der Waals surface area contributed by atoms with Crippen molar-refractivity contribution in [2.24, 2.45) is 5.92 Å². The van der Waals surface area contributed by atoms with Crippen LogP contribution in [0.1, 0.15) is 20.3 Å². The van der Waals surface area contributed by atoms with Crippen molar-refractivity contribution in [3.05, 3.63) is 201 Å². The van der Waals surface area contributed by atoms with Gasteiger partial charge >= 0.3 is 21.1 Å². The number of carbonyl (C=O) groups is 1. The summed E-state index contributed by atoms with van der Waals surface area (Å²) in [7, 11) is -1.75. The van der Waals surface area contributed by atoms with E-state index in [9.17, 15) is 9.90 Å². The van der Waals surface area contributed by atoms with E-state index in [0.29, 0.717) is 6.42 Å². The van der Waals surface area contributed by atoms with Crippen LogP contribution in [0.15, 0.2) is 194 Å². The Bertz CT molecular complexity index is 1480. The number of benzene rings is 6. The summed E-state index contributed by atoms with van der Waals surface area (Å²) in [6, 6.07) is 65.0. The predicted octanol–water partition coefficient (Wildman–Crippen LogP) is 7.03. The molecule has 6 aromatic carbocycles. The Morgan fingerprint density at radius 1 is 0.510 bits per heavy atom. The maximum Gasteiger partial charge on any atom is 2.00 e. The molecule has 0 bridgehead atoms. The van der Waals surface area contributed by atoms with Gasteiger partial charge in [-0.2, -0.15) is 0 Å². The number of carbonyl (C=O) groups excluding carboxylic acids is 1. The molecule has 0 amide bonds. The fraction of sp³-hybridized carbons (Fsp3) is 0.0909. The summed E-state index contributed by atoms with van der Waals surface area (Å²) in [5.41, 5.74) is 0. The van der Waals surface area contributed by atoms with Crippen LogP contribution in [0.5, 0.6) is 0 Å². The molecule has 0 saturated carbocycles. The second-order valence-electron chi connectivity index (χ2n) is 11.3. The molecule has 6 aromatic rings. The fourth-order valence-corrected chi connectivity index (χ4v) is 10.3. The molecule has 1 unspecified atom stereocenters. The van der Waals surface area contributed by atoms with Crippen molar-refractivity contribution < 1.29 is 31.0 Å². The van der Waals surface area contributed by atoms with Gasteiger partial charge in [0.1, 0.15) is 37.6 Å². The number of hydrogen-bond acceptors (Lipinski definition) is 2. The first-order chi connectivity index (χ1) is 23.4. The molecule has 250 valence electrons. The van der Waals surface area contributed by atoms with E-state index in [1.807, 2.05) is 0 Å². The Kier molecular flexibility index (Phi) is 17.7. The first kappa shape index (κ1) is 39.5. The number of Topliss-reactive ketones (excluding diaryl/α,β-unsaturated/α-hetero) is 1. The Labute approximate surface area is 309 Å². The molecular weight excluding hydrogens is 818 g/mol. The number of rotatable bonds is 9. The van der Waals surface area contributed by atoms with Crippen molar-refractivity contribution in [1.82, 2.24) is 0 Å². The van der Waals surface area contributed by atoms with Crippen LogP contribution in [0, 0.1) is 12.8 Å². The quantitative estimate of drug-likeness (QED) is 0.0891. The molecule has 0 aromatic heterocycles. The Hall–Kier alpha value is -3.92. The van der Waals surface area contributed by atoms with Gasteiger partial charge in [0.05, 0.1) is 15.8 Å². The molecule has 0 aliphatic carbocycles. The maximum absolute atomic E-state index is 10.6. The molecule has 0 N–H and O–H groups in total. The van der Waals surface area contributed by atoms with Gasteiger partial charge in [-0.25, -0.2) is 0 Å². The maximum atomic E-state index is 10.6. The first-order valence-corrected chi connectivity index (χ1v) is 19.2. The van der Waals surface area contributed by atoms with Gasteiger partial charge in [0.2, 0.25) is 0 Å². The second-order valence-corrected chi connectivity index (χ2v) is 16.3. The zero-order valence-corrected chi connectivity index (χ0v) is 32.3. The fourth-order valence-electron chi connectivity index (χ4n) is 5.10. The Morgan fingerprint density at radius 2 is 0.714 bits per heavy atom. The van der Waals surface area contributed by atoms with E-state index in [4.69, 9.17) is 0 Å². The van der Waals surface area contributed by atoms with Crippen LogP contribution in [-0.2, 0) is 25.9 Å². The topological polar surface area (TPSA) is 40.1 Å². The summed E-state index contributed by atoms with van der Waals surface area (Å²) in [4.78, 5) is 10.6. The molecule has 0 saturated heterocycles. The molecule has 0 heterocycles. The molecule has 5 heteroatoms. The van der Waals surface area contributed by atoms with Gasteiger partial charge < -0.3 is 16.8 Å². The molecule has 1 atom stereocenters. The van der Waals surface area contributed by atoms with Crippen LogP contribution in [-0.4, -0.2) is 5.78 Å². The summed E-state index contributed by atoms with van der Waals surface area (Å²) in [6.07, 6.45) is 1.95. The second kappa shape index (κ2) is 21.9. The predicted molar refractivity (Wildman–Crippen MR) is 211 cm³/mol. The standard InChI is InChI=1S/2C18H15P.C8H13O2.Pt/c2*1-4-10-16(11-5-1)19(17-12-6-2-7-13-17)18-14-8-3-9-15-18;1-6(8(3)10)4-5-7(2)9;/h2*1-15H;5-6,9H,1,4H2,2-3H3;/q;;-1;+2/p+1/b;;7-5+;. The van der Waals surface area contributed by atoms with Crippen molar-refractivity contribution in [2.75, 3.05) is 0 Å². The zero-order chi connectivity index (χ0) is 34.0. The van der Waals surface area contributed by atoms with Crippen LogP contribution in [0.3, 0.4) is 0 Å². The molecule has 0 aliphatic rings. The van der Waals surface area contributed by atoms with Crippen LogP contribution in [0.2, 0.25) is 0 Å². The minimum absolute atomic E-state index is 0. The van der Waals surface area contributed by atoms with Gasteiger partial charge in [0, 0.05) is 0 Å². The average Bonchev–Trinajstić information content (AvgIpc) is 3.14. The van der Waals surface area contributed by atoms with Gasteiger partial charge in [0.25, 0.3) is 0 Å². The van der Waals surface area contributed by atoms with Crippen LogP contribution >= 0.6 is 15.8 Å². The van der Waals surface area contributed by atoms with Gasteiger partial charge in [-0.3, -0.25) is 0 Å². The number of ketones is 1. The van der Waals surface area contributed by atoms with Crippen molar-refractivity contribution in [3.63, 3.8) is 0 Å². The smallest absolute Gasteiger partial charge is 0.876 e. The van der Waals surface area contributed by atoms with E-state index in [0.717, 1.165) is 0 Å². The van der Waals surface area contributed by atoms with Gasteiger partial charge in [-0.1, -0.05) is 129 Å². The monoisotopic (exact) mass is 861 g/mol. The normalized spacial score (nSPS) is 11.2. The summed E-state index contributed by atoms with van der Waals surface area (Å²) in [5.74, 6) is -0.240. The molecule has 0 fully saturated rings. The van der Waals surface area contributed by atoms with E-state index in [2.05, 4.69) is 189 Å². The Balaban J connectivity index is 0.000000208. The van der Waals surface area contributed by atoms with Gasteiger partial charge in [-0.15, -0.1) is 11.7 Å². The first-order valence-electron chi connectivity index (χ1n) is 16.2. The number of allylic oxidation sites excluding steroid dienone is 2. The van der Waals surface area contributed by atoms with Crippen LogP contribution in [0.25, 0.3) is 0 Å². The third-order valence-electron chi connectivity index (χ3n) is 7.64. The summed E-state index contributed by atoms with van der Waals surface area (Å²) >= 11 is 0. The molecule has 0 radical (unpaired) electrons. The van der Waals surface area contributed by atoms with Gasteiger partial charge in [0.15, 0.2) is 0 Å². The van der Waals surface area contributed by atoms with Crippen molar-refractivity contribution in [1.29, 1.82) is 0 Å². The molecule has 0 spiro atoms. The zero-order valence-electron chi connectivity index (χ0n) is 28.0. The molecular formula is C44H44O2P2Pt+2. The van der Waals surface area contributed by atoms with Crippen molar-refractivity contribution >= 4 is 53.5 Å². The third-order valence-corrected chi connectivity index (χ3v) is 13.1. The van der Waals surface area contributed by atoms with E-state index in [-0.39, 0.29) is 38.5 Å². The summed E-state index contributed by atoms with van der Waals surface area (Å²) < 4.78 is 0. The van der Waals surface area contributed by atoms with Gasteiger partial charge in [-0.05, 0) is 79.7 Å². The largest absolute Gasteiger partial charge is 2.00 e. The summed E-state index contributed by atoms with van der Waals surface area (Å²) in [5, 5.41) is 19.0. The molecule has 49 heavy (non-hydrogen) atoms. The van der Waals surface area contributed by atoms with Crippen LogP contribution in [0.4, 0.5) is 0 Å². The molecule has 0 aliphatic heterocycles. The number of hydrogen-bond donors (Lipinski definition) is 0. The van der Waals surface area contributed by atoms with Crippen molar-refractivity contribution in [2.45, 2.75) is 20.3 Å². The van der Waals surface area contributed by atoms with Crippen molar-refractivity contribution in [3.8, 4) is 0 Å². The van der Waals surface area contributed by atoms with E-state index >= 15 is 0 Å². The van der Waals surface area contributed by atoms with Crippen LogP contribution < -0.4 is 36.9 Å².